The second-order valence-corrected chi connectivity index (χ2v) is 6.85. The fourth-order valence-electron chi connectivity index (χ4n) is 3.15. The van der Waals surface area contributed by atoms with Crippen LogP contribution in [0.5, 0.6) is 0 Å². The Kier molecular flexibility index (Phi) is 3.80. The molecule has 1 aliphatic rings. The van der Waals surface area contributed by atoms with Crippen molar-refractivity contribution < 1.29 is 8.78 Å². The summed E-state index contributed by atoms with van der Waals surface area (Å²) in [7, 11) is 0. The standard InChI is InChI=1S/C16H18F2N2S/c1-10-4-3-7-16(19,8-10)15-20-13(9-21-15)14-11(17)5-2-6-12(14)18/h2,5-6,9-10H,3-4,7-8,19H2,1H3. The Labute approximate surface area is 127 Å². The summed E-state index contributed by atoms with van der Waals surface area (Å²) in [6, 6.07) is 3.85. The molecule has 1 heterocycles. The minimum Gasteiger partial charge on any atom is -0.319 e. The first-order valence-corrected chi connectivity index (χ1v) is 8.07. The molecule has 0 bridgehead atoms. The molecule has 2 aromatic rings. The van der Waals surface area contributed by atoms with E-state index in [-0.39, 0.29) is 5.56 Å². The second kappa shape index (κ2) is 5.46. The molecule has 1 saturated carbocycles. The first-order chi connectivity index (χ1) is 9.99. The zero-order valence-electron chi connectivity index (χ0n) is 11.9. The van der Waals surface area contributed by atoms with Crippen LogP contribution in [0, 0.1) is 17.6 Å². The Morgan fingerprint density at radius 3 is 2.71 bits per heavy atom. The molecule has 1 aromatic carbocycles. The average molecular weight is 308 g/mol. The topological polar surface area (TPSA) is 38.9 Å². The zero-order chi connectivity index (χ0) is 15.0. The van der Waals surface area contributed by atoms with Gasteiger partial charge in [0.15, 0.2) is 0 Å². The lowest BCUT2D eigenvalue weighted by Crippen LogP contribution is -2.40. The summed E-state index contributed by atoms with van der Waals surface area (Å²) in [6.45, 7) is 2.19. The molecule has 0 amide bonds. The molecule has 0 aliphatic heterocycles. The van der Waals surface area contributed by atoms with Crippen molar-refractivity contribution in [3.63, 3.8) is 0 Å². The van der Waals surface area contributed by atoms with Crippen LogP contribution >= 0.6 is 11.3 Å². The summed E-state index contributed by atoms with van der Waals surface area (Å²) in [4.78, 5) is 4.45. The molecular weight excluding hydrogens is 290 g/mol. The van der Waals surface area contributed by atoms with Gasteiger partial charge in [0.2, 0.25) is 0 Å². The molecule has 1 fully saturated rings. The molecule has 0 spiro atoms. The predicted molar refractivity (Wildman–Crippen MR) is 81.0 cm³/mol. The van der Waals surface area contributed by atoms with E-state index in [2.05, 4.69) is 11.9 Å². The van der Waals surface area contributed by atoms with Crippen LogP contribution in [0.25, 0.3) is 11.3 Å². The van der Waals surface area contributed by atoms with Crippen molar-refractivity contribution in [1.29, 1.82) is 0 Å². The molecule has 0 radical (unpaired) electrons. The number of aromatic nitrogens is 1. The molecule has 2 N–H and O–H groups in total. The van der Waals surface area contributed by atoms with Gasteiger partial charge in [-0.1, -0.05) is 25.8 Å². The highest BCUT2D eigenvalue weighted by Crippen LogP contribution is 2.40. The molecule has 5 heteroatoms. The number of halogens is 2. The number of rotatable bonds is 2. The maximum Gasteiger partial charge on any atom is 0.135 e. The second-order valence-electron chi connectivity index (χ2n) is 5.99. The van der Waals surface area contributed by atoms with Gasteiger partial charge in [0.05, 0.1) is 16.8 Å². The maximum absolute atomic E-state index is 13.8. The minimum absolute atomic E-state index is 0.0625. The Hall–Kier alpha value is -1.33. The minimum atomic E-state index is -0.588. The fourth-order valence-corrected chi connectivity index (χ4v) is 4.11. The molecule has 2 nitrogen and oxygen atoms in total. The largest absolute Gasteiger partial charge is 0.319 e. The number of nitrogens with zero attached hydrogens (tertiary/aromatic N) is 1. The molecule has 2 unspecified atom stereocenters. The summed E-state index contributed by atoms with van der Waals surface area (Å²) >= 11 is 1.40. The van der Waals surface area contributed by atoms with Crippen LogP contribution in [0.4, 0.5) is 8.78 Å². The van der Waals surface area contributed by atoms with Gasteiger partial charge in [0.1, 0.15) is 16.6 Å². The summed E-state index contributed by atoms with van der Waals surface area (Å²) in [5, 5.41) is 2.48. The van der Waals surface area contributed by atoms with Crippen molar-refractivity contribution in [2.24, 2.45) is 11.7 Å². The van der Waals surface area contributed by atoms with Crippen molar-refractivity contribution in [3.8, 4) is 11.3 Å². The molecule has 112 valence electrons. The van der Waals surface area contributed by atoms with E-state index in [0.29, 0.717) is 11.6 Å². The number of thiazole rings is 1. The van der Waals surface area contributed by atoms with Crippen LogP contribution in [0.3, 0.4) is 0 Å². The van der Waals surface area contributed by atoms with E-state index in [1.807, 2.05) is 0 Å². The van der Waals surface area contributed by atoms with E-state index in [1.54, 1.807) is 5.38 Å². The predicted octanol–water partition coefficient (Wildman–Crippen LogP) is 4.45. The summed E-state index contributed by atoms with van der Waals surface area (Å²) in [6.07, 6.45) is 4.00. The first-order valence-electron chi connectivity index (χ1n) is 7.19. The van der Waals surface area contributed by atoms with Gasteiger partial charge in [-0.3, -0.25) is 0 Å². The van der Waals surface area contributed by atoms with Crippen LogP contribution in [-0.4, -0.2) is 4.98 Å². The van der Waals surface area contributed by atoms with Gasteiger partial charge in [-0.25, -0.2) is 13.8 Å². The Morgan fingerprint density at radius 1 is 1.33 bits per heavy atom. The lowest BCUT2D eigenvalue weighted by atomic mass is 9.77. The van der Waals surface area contributed by atoms with Crippen LogP contribution in [-0.2, 0) is 5.54 Å². The van der Waals surface area contributed by atoms with Crippen molar-refractivity contribution in [2.45, 2.75) is 38.1 Å². The third kappa shape index (κ3) is 2.72. The van der Waals surface area contributed by atoms with Crippen molar-refractivity contribution in [1.82, 2.24) is 4.98 Å². The summed E-state index contributed by atoms with van der Waals surface area (Å²) in [5.74, 6) is -0.619. The van der Waals surface area contributed by atoms with E-state index in [0.717, 1.165) is 24.3 Å². The number of benzene rings is 1. The molecule has 3 rings (SSSR count). The van der Waals surface area contributed by atoms with Gasteiger partial charge in [-0.05, 0) is 30.9 Å². The van der Waals surface area contributed by atoms with Crippen molar-refractivity contribution in [3.05, 3.63) is 40.2 Å². The van der Waals surface area contributed by atoms with Gasteiger partial charge >= 0.3 is 0 Å². The van der Waals surface area contributed by atoms with Crippen LogP contribution in [0.1, 0.15) is 37.6 Å². The molecular formula is C16H18F2N2S. The van der Waals surface area contributed by atoms with E-state index in [9.17, 15) is 8.78 Å². The highest BCUT2D eigenvalue weighted by molar-refractivity contribution is 7.10. The van der Waals surface area contributed by atoms with E-state index in [4.69, 9.17) is 5.73 Å². The van der Waals surface area contributed by atoms with Crippen LogP contribution in [0.2, 0.25) is 0 Å². The molecule has 1 aromatic heterocycles. The SMILES string of the molecule is CC1CCCC(N)(c2nc(-c3c(F)cccc3F)cs2)C1. The Morgan fingerprint density at radius 2 is 2.05 bits per heavy atom. The third-order valence-corrected chi connectivity index (χ3v) is 5.24. The fraction of sp³-hybridized carbons (Fsp3) is 0.438. The monoisotopic (exact) mass is 308 g/mol. The van der Waals surface area contributed by atoms with Crippen LogP contribution in [0.15, 0.2) is 23.6 Å². The quantitative estimate of drug-likeness (QED) is 0.890. The van der Waals surface area contributed by atoms with Gasteiger partial charge in [-0.15, -0.1) is 11.3 Å². The molecule has 0 saturated heterocycles. The van der Waals surface area contributed by atoms with Crippen LogP contribution < -0.4 is 5.73 Å². The molecule has 1 aliphatic carbocycles. The van der Waals surface area contributed by atoms with E-state index < -0.39 is 17.2 Å². The lowest BCUT2D eigenvalue weighted by Gasteiger charge is -2.35. The lowest BCUT2D eigenvalue weighted by molar-refractivity contribution is 0.238. The normalized spacial score (nSPS) is 26.0. The molecule has 2 atom stereocenters. The van der Waals surface area contributed by atoms with Crippen molar-refractivity contribution in [2.75, 3.05) is 0 Å². The van der Waals surface area contributed by atoms with E-state index in [1.165, 1.54) is 36.0 Å². The maximum atomic E-state index is 13.8. The van der Waals surface area contributed by atoms with E-state index >= 15 is 0 Å². The first kappa shape index (κ1) is 14.6. The average Bonchev–Trinajstić information content (AvgIpc) is 2.88. The third-order valence-electron chi connectivity index (χ3n) is 4.18. The molecule has 21 heavy (non-hydrogen) atoms. The van der Waals surface area contributed by atoms with Gasteiger partial charge < -0.3 is 5.73 Å². The Balaban J connectivity index is 1.97. The number of nitrogens with two attached hydrogens (primary N) is 1. The summed E-state index contributed by atoms with van der Waals surface area (Å²) < 4.78 is 27.7. The van der Waals surface area contributed by atoms with Gasteiger partial charge in [0.25, 0.3) is 0 Å². The zero-order valence-corrected chi connectivity index (χ0v) is 12.7. The van der Waals surface area contributed by atoms with Crippen molar-refractivity contribution >= 4 is 11.3 Å². The van der Waals surface area contributed by atoms with Gasteiger partial charge in [0, 0.05) is 5.38 Å². The summed E-state index contributed by atoms with van der Waals surface area (Å²) in [5.41, 5.74) is 6.32. The highest BCUT2D eigenvalue weighted by Gasteiger charge is 2.35. The number of hydrogen-bond donors (Lipinski definition) is 1. The number of hydrogen-bond acceptors (Lipinski definition) is 3. The van der Waals surface area contributed by atoms with Gasteiger partial charge in [-0.2, -0.15) is 0 Å². The highest BCUT2D eigenvalue weighted by atomic mass is 32.1. The smallest absolute Gasteiger partial charge is 0.135 e. The Bertz CT molecular complexity index is 635.